The maximum atomic E-state index is 12.7. The number of Topliss-reactive ketones (excluding diaryl/α,β-unsaturated/α-hetero) is 1. The second-order valence-corrected chi connectivity index (χ2v) is 10.3. The predicted octanol–water partition coefficient (Wildman–Crippen LogP) is 9.20. The highest BCUT2D eigenvalue weighted by molar-refractivity contribution is 6.00. The molecule has 0 aliphatic carbocycles. The van der Waals surface area contributed by atoms with Gasteiger partial charge < -0.3 is 9.47 Å². The van der Waals surface area contributed by atoms with Gasteiger partial charge in [0.1, 0.15) is 11.5 Å². The van der Waals surface area contributed by atoms with Crippen molar-refractivity contribution in [1.29, 1.82) is 0 Å². The van der Waals surface area contributed by atoms with Crippen LogP contribution in [0, 0.1) is 5.92 Å². The SMILES string of the molecule is CCCCCCCCCCOc1ccc(C(=O)Oc2ccc3cc(C(=O)CCC(C)C)ccc3c2)cc1. The second-order valence-electron chi connectivity index (χ2n) is 10.3. The molecule has 0 amide bonds. The molecule has 0 aliphatic rings. The largest absolute Gasteiger partial charge is 0.494 e. The van der Waals surface area contributed by atoms with Gasteiger partial charge in [-0.05, 0) is 72.0 Å². The van der Waals surface area contributed by atoms with E-state index >= 15 is 0 Å². The quantitative estimate of drug-likeness (QED) is 0.0848. The summed E-state index contributed by atoms with van der Waals surface area (Å²) in [7, 11) is 0. The molecule has 198 valence electrons. The zero-order chi connectivity index (χ0) is 26.5. The molecule has 0 saturated heterocycles. The number of ketones is 1. The Morgan fingerprint density at radius 2 is 1.30 bits per heavy atom. The van der Waals surface area contributed by atoms with Crippen molar-refractivity contribution in [1.82, 2.24) is 0 Å². The summed E-state index contributed by atoms with van der Waals surface area (Å²) in [5.74, 6) is 1.51. The van der Waals surface area contributed by atoms with Crippen LogP contribution in [0.1, 0.15) is 106 Å². The van der Waals surface area contributed by atoms with Crippen LogP contribution in [0.25, 0.3) is 10.8 Å². The molecule has 0 aliphatic heterocycles. The zero-order valence-corrected chi connectivity index (χ0v) is 22.8. The first-order valence-electron chi connectivity index (χ1n) is 14.0. The Balaban J connectivity index is 1.46. The van der Waals surface area contributed by atoms with Crippen LogP contribution in [-0.2, 0) is 0 Å². The summed E-state index contributed by atoms with van der Waals surface area (Å²) < 4.78 is 11.4. The van der Waals surface area contributed by atoms with E-state index in [1.807, 2.05) is 42.5 Å². The minimum atomic E-state index is -0.408. The fourth-order valence-corrected chi connectivity index (χ4v) is 4.30. The lowest BCUT2D eigenvalue weighted by Gasteiger charge is -2.09. The number of carbonyl (C=O) groups excluding carboxylic acids is 2. The number of rotatable bonds is 16. The molecular formula is C33H42O4. The normalized spacial score (nSPS) is 11.1. The highest BCUT2D eigenvalue weighted by atomic mass is 16.5. The standard InChI is InChI=1S/C33H42O4/c1-4-5-6-7-8-9-10-11-22-36-30-18-15-26(16-19-30)33(35)37-31-20-17-27-23-29(14-13-28(27)24-31)32(34)21-12-25(2)3/h13-20,23-25H,4-12,21-22H2,1-3H3. The summed E-state index contributed by atoms with van der Waals surface area (Å²) in [6, 6.07) is 18.3. The average molecular weight is 503 g/mol. The number of unbranched alkanes of at least 4 members (excludes halogenated alkanes) is 7. The first-order chi connectivity index (χ1) is 18.0. The van der Waals surface area contributed by atoms with Crippen LogP contribution in [0.2, 0.25) is 0 Å². The number of hydrogen-bond donors (Lipinski definition) is 0. The third-order valence-corrected chi connectivity index (χ3v) is 6.65. The highest BCUT2D eigenvalue weighted by Gasteiger charge is 2.11. The molecule has 0 fully saturated rings. The van der Waals surface area contributed by atoms with E-state index in [1.54, 1.807) is 18.2 Å². The first kappa shape index (κ1) is 28.4. The van der Waals surface area contributed by atoms with Crippen molar-refractivity contribution >= 4 is 22.5 Å². The fourth-order valence-electron chi connectivity index (χ4n) is 4.30. The minimum absolute atomic E-state index is 0.163. The van der Waals surface area contributed by atoms with Crippen LogP contribution in [0.3, 0.4) is 0 Å². The van der Waals surface area contributed by atoms with E-state index in [9.17, 15) is 9.59 Å². The van der Waals surface area contributed by atoms with Crippen LogP contribution < -0.4 is 9.47 Å². The zero-order valence-electron chi connectivity index (χ0n) is 22.8. The number of esters is 1. The Morgan fingerprint density at radius 1 is 0.703 bits per heavy atom. The number of hydrogen-bond acceptors (Lipinski definition) is 4. The summed E-state index contributed by atoms with van der Waals surface area (Å²) in [6.45, 7) is 7.18. The Morgan fingerprint density at radius 3 is 2.00 bits per heavy atom. The molecule has 0 unspecified atom stereocenters. The van der Waals surface area contributed by atoms with Gasteiger partial charge in [0, 0.05) is 12.0 Å². The molecule has 4 heteroatoms. The summed E-state index contributed by atoms with van der Waals surface area (Å²) in [5, 5.41) is 1.88. The summed E-state index contributed by atoms with van der Waals surface area (Å²) in [6.07, 6.45) is 11.6. The molecule has 4 nitrogen and oxygen atoms in total. The molecule has 3 aromatic carbocycles. The lowest BCUT2D eigenvalue weighted by atomic mass is 9.99. The Bertz CT molecular complexity index is 1130. The number of fused-ring (bicyclic) bond motifs is 1. The lowest BCUT2D eigenvalue weighted by Crippen LogP contribution is -2.08. The Kier molecular flexibility index (Phi) is 11.7. The highest BCUT2D eigenvalue weighted by Crippen LogP contribution is 2.24. The van der Waals surface area contributed by atoms with Gasteiger partial charge in [-0.2, -0.15) is 0 Å². The summed E-state index contributed by atoms with van der Waals surface area (Å²) in [4.78, 5) is 25.1. The van der Waals surface area contributed by atoms with Crippen molar-refractivity contribution in [3.8, 4) is 11.5 Å². The molecule has 3 rings (SSSR count). The Labute approximate surface area is 222 Å². The number of ether oxygens (including phenoxy) is 2. The van der Waals surface area contributed by atoms with Crippen molar-refractivity contribution < 1.29 is 19.1 Å². The van der Waals surface area contributed by atoms with Gasteiger partial charge in [-0.1, -0.05) is 83.9 Å². The molecule has 3 aromatic rings. The van der Waals surface area contributed by atoms with Crippen molar-refractivity contribution in [2.24, 2.45) is 5.92 Å². The molecule has 0 spiro atoms. The van der Waals surface area contributed by atoms with E-state index < -0.39 is 5.97 Å². The fraction of sp³-hybridized carbons (Fsp3) is 0.455. The average Bonchev–Trinajstić information content (AvgIpc) is 2.90. The van der Waals surface area contributed by atoms with Crippen molar-refractivity contribution in [2.45, 2.75) is 85.0 Å². The third-order valence-electron chi connectivity index (χ3n) is 6.65. The van der Waals surface area contributed by atoms with Gasteiger partial charge in [-0.15, -0.1) is 0 Å². The first-order valence-corrected chi connectivity index (χ1v) is 14.0. The van der Waals surface area contributed by atoms with Crippen LogP contribution >= 0.6 is 0 Å². The second kappa shape index (κ2) is 15.2. The van der Waals surface area contributed by atoms with Crippen LogP contribution in [0.15, 0.2) is 60.7 Å². The molecule has 0 saturated carbocycles. The van der Waals surface area contributed by atoms with Gasteiger partial charge in [0.15, 0.2) is 5.78 Å². The summed E-state index contributed by atoms with van der Waals surface area (Å²) in [5.41, 5.74) is 1.20. The van der Waals surface area contributed by atoms with E-state index in [0.717, 1.165) is 34.9 Å². The van der Waals surface area contributed by atoms with Gasteiger partial charge in [0.2, 0.25) is 0 Å². The molecule has 0 heterocycles. The van der Waals surface area contributed by atoms with Gasteiger partial charge in [0.05, 0.1) is 12.2 Å². The van der Waals surface area contributed by atoms with Gasteiger partial charge >= 0.3 is 5.97 Å². The smallest absolute Gasteiger partial charge is 0.343 e. The lowest BCUT2D eigenvalue weighted by molar-refractivity contribution is 0.0734. The molecule has 0 N–H and O–H groups in total. The van der Waals surface area contributed by atoms with Crippen LogP contribution in [0.4, 0.5) is 0 Å². The molecule has 0 bridgehead atoms. The van der Waals surface area contributed by atoms with E-state index in [0.29, 0.717) is 30.3 Å². The molecule has 0 atom stereocenters. The predicted molar refractivity (Wildman–Crippen MR) is 152 cm³/mol. The van der Waals surface area contributed by atoms with Crippen molar-refractivity contribution in [3.05, 3.63) is 71.8 Å². The van der Waals surface area contributed by atoms with Crippen molar-refractivity contribution in [2.75, 3.05) is 6.61 Å². The van der Waals surface area contributed by atoms with Crippen molar-refractivity contribution in [3.63, 3.8) is 0 Å². The minimum Gasteiger partial charge on any atom is -0.494 e. The van der Waals surface area contributed by atoms with Gasteiger partial charge in [-0.25, -0.2) is 4.79 Å². The summed E-state index contributed by atoms with van der Waals surface area (Å²) >= 11 is 0. The van der Waals surface area contributed by atoms with E-state index in [1.165, 1.54) is 44.9 Å². The molecule has 0 aromatic heterocycles. The molecule has 37 heavy (non-hydrogen) atoms. The number of benzene rings is 3. The van der Waals surface area contributed by atoms with Crippen LogP contribution in [0.5, 0.6) is 11.5 Å². The number of carbonyl (C=O) groups is 2. The van der Waals surface area contributed by atoms with E-state index in [2.05, 4.69) is 20.8 Å². The van der Waals surface area contributed by atoms with E-state index in [-0.39, 0.29) is 5.78 Å². The van der Waals surface area contributed by atoms with Crippen LogP contribution in [-0.4, -0.2) is 18.4 Å². The van der Waals surface area contributed by atoms with Gasteiger partial charge in [-0.3, -0.25) is 4.79 Å². The van der Waals surface area contributed by atoms with Gasteiger partial charge in [0.25, 0.3) is 0 Å². The maximum Gasteiger partial charge on any atom is 0.343 e. The molecule has 0 radical (unpaired) electrons. The topological polar surface area (TPSA) is 52.6 Å². The third kappa shape index (κ3) is 9.68. The maximum absolute atomic E-state index is 12.7. The Hall–Kier alpha value is -3.14. The monoisotopic (exact) mass is 502 g/mol. The van der Waals surface area contributed by atoms with E-state index in [4.69, 9.17) is 9.47 Å². The molecular weight excluding hydrogens is 460 g/mol.